The van der Waals surface area contributed by atoms with Crippen molar-refractivity contribution in [1.29, 1.82) is 0 Å². The van der Waals surface area contributed by atoms with Crippen molar-refractivity contribution in [2.45, 2.75) is 285 Å². The number of rotatable bonds is 53. The lowest BCUT2D eigenvalue weighted by atomic mass is 10.0. The zero-order valence-electron chi connectivity index (χ0n) is 75.2. The van der Waals surface area contributed by atoms with E-state index in [0.29, 0.717) is 26.4 Å². The van der Waals surface area contributed by atoms with Crippen LogP contribution in [0.25, 0.3) is 148 Å². The minimum Gasteiger partial charge on any atom is -0.494 e. The first-order valence-electron chi connectivity index (χ1n) is 48.6. The molecule has 12 heteroatoms. The van der Waals surface area contributed by atoms with Crippen LogP contribution in [0.3, 0.4) is 0 Å². The highest BCUT2D eigenvalue weighted by molar-refractivity contribution is 6.05. The Morgan fingerprint density at radius 1 is 0.194 bits per heavy atom. The lowest BCUT2D eigenvalue weighted by Gasteiger charge is -2.10. The molecule has 0 saturated carbocycles. The highest BCUT2D eigenvalue weighted by Crippen LogP contribution is 2.43. The first-order valence-corrected chi connectivity index (χ1v) is 48.6. The SMILES string of the molecule is CCCCCCCCCCCCOc1ccc(-c2c3nc(c(-c4c5nc(c(-c6ccc(OCCCCCCCCCCCC)cc6)c6ccc(cc7nc(c(-c8ccc(OCCCCCCCCCCCC)cc8)c8ccc4[nH]8)C=C7)[nH]6)C=C5)c4ccc([nH]4)c(-c4ccc(OCCCCCCCCCCCC)cc4)c4nc(cc5ccc2[nH]5)C=C4)C=C3)cc1. The number of hydrogen-bond acceptors (Lipinski definition) is 8. The van der Waals surface area contributed by atoms with Gasteiger partial charge >= 0.3 is 0 Å². The molecule has 4 N–H and O–H groups in total. The Bertz CT molecular complexity index is 5000. The second kappa shape index (κ2) is 48.5. The number of aromatic amines is 4. The summed E-state index contributed by atoms with van der Waals surface area (Å²) in [7, 11) is 0. The Kier molecular flexibility index (Phi) is 35.0. The standard InChI is InChI=1S/C112H138N8O4/c1-5-9-13-17-21-25-29-33-37-41-77-121-91-57-45-83(46-58-91)107-95-65-53-87(113-95)81-88-54-66-96(114-88)108(84-47-59-92(60-48-84)122-78-42-38-34-30-26-22-18-14-10-6-2)100-70-74-104(118-100)111(103-73-69-99(107)117-103)112-105-75-71-101(119-105)109(85-49-61-93(62-50-85)123-79-43-39-35-31-27-23-19-15-11-7-3)97-67-55-89(115-97)82-90-56-68-98(116-90)110(102-72-76-106(112)120-102)86-51-63-94(64-52-86)124-80-44-40-36-32-28-24-20-16-12-8-4/h45-76,81-82,113,115,118,120H,5-44,77-80H2,1-4H3. The van der Waals surface area contributed by atoms with Crippen LogP contribution in [-0.4, -0.2) is 66.3 Å². The van der Waals surface area contributed by atoms with E-state index in [2.05, 4.69) is 254 Å². The zero-order chi connectivity index (χ0) is 85.0. The fourth-order valence-corrected chi connectivity index (χ4v) is 18.0. The van der Waals surface area contributed by atoms with Gasteiger partial charge in [0.25, 0.3) is 0 Å². The van der Waals surface area contributed by atoms with E-state index >= 15 is 0 Å². The van der Waals surface area contributed by atoms with Crippen LogP contribution in [0, 0.1) is 0 Å². The zero-order valence-corrected chi connectivity index (χ0v) is 75.2. The van der Waals surface area contributed by atoms with Crippen LogP contribution in [0.2, 0.25) is 0 Å². The van der Waals surface area contributed by atoms with E-state index in [0.717, 1.165) is 194 Å². The Hall–Kier alpha value is -10.7. The fraction of sp³-hybridized carbons (Fsp3) is 0.429. The second-order valence-electron chi connectivity index (χ2n) is 34.9. The van der Waals surface area contributed by atoms with Crippen molar-refractivity contribution in [2.24, 2.45) is 0 Å². The third kappa shape index (κ3) is 25.7. The largest absolute Gasteiger partial charge is 0.494 e. The van der Waals surface area contributed by atoms with E-state index in [1.165, 1.54) is 231 Å². The van der Waals surface area contributed by atoms with E-state index in [4.69, 9.17) is 38.9 Å². The van der Waals surface area contributed by atoms with E-state index in [1.807, 2.05) is 0 Å². The maximum atomic E-state index is 6.49. The molecule has 0 saturated heterocycles. The molecule has 0 amide bonds. The number of aromatic nitrogens is 8. The number of benzene rings is 4. The van der Waals surface area contributed by atoms with Gasteiger partial charge in [-0.25, -0.2) is 19.9 Å². The number of hydrogen-bond donors (Lipinski definition) is 4. The highest BCUT2D eigenvalue weighted by atomic mass is 16.5. The molecule has 650 valence electrons. The molecule has 0 unspecified atom stereocenters. The van der Waals surface area contributed by atoms with Gasteiger partial charge in [-0.2, -0.15) is 0 Å². The molecule has 4 aliphatic rings. The van der Waals surface area contributed by atoms with Gasteiger partial charge in [0.1, 0.15) is 23.0 Å². The summed E-state index contributed by atoms with van der Waals surface area (Å²) in [6.45, 7) is 11.9. The van der Waals surface area contributed by atoms with Crippen LogP contribution in [0.4, 0.5) is 0 Å². The first kappa shape index (κ1) is 89.6. The van der Waals surface area contributed by atoms with Gasteiger partial charge in [-0.3, -0.25) is 0 Å². The normalized spacial score (nSPS) is 12.2. The Labute approximate surface area is 739 Å². The Morgan fingerprint density at radius 2 is 0.395 bits per heavy atom. The van der Waals surface area contributed by atoms with E-state index in [-0.39, 0.29) is 0 Å². The number of ether oxygens (including phenoxy) is 4. The van der Waals surface area contributed by atoms with Crippen molar-refractivity contribution in [3.05, 3.63) is 203 Å². The summed E-state index contributed by atoms with van der Waals surface area (Å²) in [6, 6.07) is 56.2. The third-order valence-corrected chi connectivity index (χ3v) is 25.0. The summed E-state index contributed by atoms with van der Waals surface area (Å²) >= 11 is 0. The van der Waals surface area contributed by atoms with Crippen LogP contribution in [-0.2, 0) is 0 Å². The lowest BCUT2D eigenvalue weighted by molar-refractivity contribution is 0.304. The molecule has 4 aromatic carbocycles. The van der Waals surface area contributed by atoms with Crippen molar-refractivity contribution in [3.8, 4) is 78.6 Å². The average molecular weight is 1660 g/mol. The monoisotopic (exact) mass is 1660 g/mol. The van der Waals surface area contributed by atoms with Crippen molar-refractivity contribution < 1.29 is 18.9 Å². The van der Waals surface area contributed by atoms with Crippen molar-refractivity contribution >= 4 is 92.7 Å². The first-order chi connectivity index (χ1) is 61.4. The highest BCUT2D eigenvalue weighted by Gasteiger charge is 2.24. The molecule has 0 aliphatic carbocycles. The van der Waals surface area contributed by atoms with Gasteiger partial charge in [0.2, 0.25) is 0 Å². The van der Waals surface area contributed by atoms with Gasteiger partial charge in [-0.1, -0.05) is 307 Å². The molecule has 0 spiro atoms. The number of H-pyrrole nitrogens is 4. The summed E-state index contributed by atoms with van der Waals surface area (Å²) in [5.74, 6) is 3.43. The third-order valence-electron chi connectivity index (χ3n) is 25.0. The molecule has 16 bridgehead atoms. The summed E-state index contributed by atoms with van der Waals surface area (Å²) in [4.78, 5) is 38.7. The van der Waals surface area contributed by atoms with Gasteiger partial charge in [-0.15, -0.1) is 0 Å². The number of nitrogens with one attached hydrogen (secondary N) is 4. The van der Waals surface area contributed by atoms with E-state index in [1.54, 1.807) is 0 Å². The van der Waals surface area contributed by atoms with Crippen molar-refractivity contribution in [3.63, 3.8) is 0 Å². The van der Waals surface area contributed by atoms with Crippen LogP contribution < -0.4 is 18.9 Å². The Morgan fingerprint density at radius 3 is 0.653 bits per heavy atom. The molecule has 12 nitrogen and oxygen atoms in total. The fourth-order valence-electron chi connectivity index (χ4n) is 18.0. The van der Waals surface area contributed by atoms with Gasteiger partial charge in [0.15, 0.2) is 0 Å². The quantitative estimate of drug-likeness (QED) is 0.0275. The summed E-state index contributed by atoms with van der Waals surface area (Å²) in [6.07, 6.45) is 68.5. The second-order valence-corrected chi connectivity index (χ2v) is 34.9. The molecule has 10 aromatic rings. The molecular weight excluding hydrogens is 1520 g/mol. The molecule has 6 aromatic heterocycles. The maximum Gasteiger partial charge on any atom is 0.119 e. The van der Waals surface area contributed by atoms with Crippen molar-refractivity contribution in [2.75, 3.05) is 26.4 Å². The van der Waals surface area contributed by atoms with Crippen LogP contribution in [0.1, 0.15) is 330 Å². The van der Waals surface area contributed by atoms with Crippen LogP contribution in [0.15, 0.2) is 158 Å². The summed E-state index contributed by atoms with van der Waals surface area (Å²) < 4.78 is 26.0. The molecule has 0 radical (unpaired) electrons. The number of fused-ring (bicyclic) bond motifs is 16. The smallest absolute Gasteiger partial charge is 0.119 e. The van der Waals surface area contributed by atoms with Crippen LogP contribution in [0.5, 0.6) is 23.0 Å². The average Bonchev–Trinajstić information content (AvgIpc) is 1.60. The molecule has 14 rings (SSSR count). The van der Waals surface area contributed by atoms with Gasteiger partial charge in [0.05, 0.1) is 72.0 Å². The molecule has 124 heavy (non-hydrogen) atoms. The van der Waals surface area contributed by atoms with E-state index < -0.39 is 0 Å². The minimum absolute atomic E-state index is 0.688. The Balaban J connectivity index is 0.893. The maximum absolute atomic E-state index is 6.49. The van der Waals surface area contributed by atoms with Gasteiger partial charge in [-0.05, 0) is 206 Å². The minimum atomic E-state index is 0.688. The predicted molar refractivity (Wildman–Crippen MR) is 528 cm³/mol. The molecule has 0 atom stereocenters. The summed E-state index contributed by atoms with van der Waals surface area (Å²) in [5, 5.41) is 0. The lowest BCUT2D eigenvalue weighted by Crippen LogP contribution is -1.97. The molecule has 0 fully saturated rings. The number of unbranched alkanes of at least 4 members (excludes halogenated alkanes) is 36. The van der Waals surface area contributed by atoms with Crippen molar-refractivity contribution in [1.82, 2.24) is 39.9 Å². The van der Waals surface area contributed by atoms with Gasteiger partial charge < -0.3 is 38.9 Å². The van der Waals surface area contributed by atoms with Gasteiger partial charge in [0, 0.05) is 77.5 Å². The van der Waals surface area contributed by atoms with Crippen LogP contribution >= 0.6 is 0 Å². The molecule has 10 heterocycles. The topological polar surface area (TPSA) is 152 Å². The predicted octanol–water partition coefficient (Wildman–Crippen LogP) is 33.2. The summed E-state index contributed by atoms with van der Waals surface area (Å²) in [5.41, 5.74) is 23.3. The molecule has 4 aliphatic heterocycles. The number of nitrogens with zero attached hydrogens (tertiary/aromatic N) is 4. The molecular formula is C112H138N8O4. The van der Waals surface area contributed by atoms with E-state index in [9.17, 15) is 0 Å².